The molecule has 0 aliphatic carbocycles. The Balaban J connectivity index is 2.61. The Labute approximate surface area is 87.6 Å². The summed E-state index contributed by atoms with van der Waals surface area (Å²) in [6.07, 6.45) is 5.00. The van der Waals surface area contributed by atoms with E-state index >= 15 is 0 Å². The van der Waals surface area contributed by atoms with Crippen LogP contribution in [0.2, 0.25) is 0 Å². The van der Waals surface area contributed by atoms with E-state index in [2.05, 4.69) is 21.4 Å². The summed E-state index contributed by atoms with van der Waals surface area (Å²) in [6, 6.07) is 7.88. The number of aromatic nitrogens is 2. The van der Waals surface area contributed by atoms with Crippen LogP contribution in [0.25, 0.3) is 10.9 Å². The molecule has 1 aromatic heterocycles. The molecular formula is C11H10N4. The maximum absolute atomic E-state index is 5.00. The van der Waals surface area contributed by atoms with Crippen LogP contribution in [0.4, 0.5) is 5.69 Å². The predicted octanol–water partition coefficient (Wildman–Crippen LogP) is 2.56. The standard InChI is InChI=1S/C11H10N4/c1-4-12-13-9-5-6-10-8(2)14-15(3)11(10)7-9/h1,5-7H,2-3H3. The normalized spacial score (nSPS) is 11.0. The highest BCUT2D eigenvalue weighted by atomic mass is 15.3. The van der Waals surface area contributed by atoms with Gasteiger partial charge in [-0.05, 0) is 25.1 Å². The van der Waals surface area contributed by atoms with E-state index in [0.29, 0.717) is 0 Å². The number of fused-ring (bicyclic) bond motifs is 1. The van der Waals surface area contributed by atoms with Crippen LogP contribution in [0.3, 0.4) is 0 Å². The molecule has 1 aromatic carbocycles. The minimum atomic E-state index is 0.739. The molecule has 0 bridgehead atoms. The molecule has 15 heavy (non-hydrogen) atoms. The zero-order valence-corrected chi connectivity index (χ0v) is 8.60. The first-order valence-corrected chi connectivity index (χ1v) is 4.52. The minimum Gasteiger partial charge on any atom is -0.268 e. The second-order valence-electron chi connectivity index (χ2n) is 3.24. The third-order valence-corrected chi connectivity index (χ3v) is 2.24. The highest BCUT2D eigenvalue weighted by molar-refractivity contribution is 5.84. The van der Waals surface area contributed by atoms with Gasteiger partial charge in [-0.1, -0.05) is 11.5 Å². The van der Waals surface area contributed by atoms with E-state index in [1.54, 1.807) is 0 Å². The molecule has 0 unspecified atom stereocenters. The van der Waals surface area contributed by atoms with E-state index in [-0.39, 0.29) is 0 Å². The average molecular weight is 198 g/mol. The maximum Gasteiger partial charge on any atom is 0.0886 e. The van der Waals surface area contributed by atoms with Crippen molar-refractivity contribution < 1.29 is 0 Å². The van der Waals surface area contributed by atoms with Crippen LogP contribution in [-0.2, 0) is 7.05 Å². The predicted molar refractivity (Wildman–Crippen MR) is 58.8 cm³/mol. The molecule has 0 radical (unpaired) electrons. The summed E-state index contributed by atoms with van der Waals surface area (Å²) in [5.41, 5.74) is 2.78. The lowest BCUT2D eigenvalue weighted by atomic mass is 10.2. The number of terminal acetylenes is 1. The number of hydrogen-bond acceptors (Lipinski definition) is 3. The van der Waals surface area contributed by atoms with Crippen LogP contribution < -0.4 is 0 Å². The van der Waals surface area contributed by atoms with Crippen LogP contribution in [0.15, 0.2) is 28.4 Å². The molecule has 0 N–H and O–H groups in total. The monoisotopic (exact) mass is 198 g/mol. The molecule has 0 atom stereocenters. The SMILES string of the molecule is C#CN=Nc1ccc2c(C)nn(C)c2c1. The molecular weight excluding hydrogens is 188 g/mol. The van der Waals surface area contributed by atoms with Gasteiger partial charge in [0.1, 0.15) is 0 Å². The molecule has 4 nitrogen and oxygen atoms in total. The summed E-state index contributed by atoms with van der Waals surface area (Å²) in [4.78, 5) is 0. The summed E-state index contributed by atoms with van der Waals surface area (Å²) in [5, 5.41) is 12.8. The second-order valence-corrected chi connectivity index (χ2v) is 3.24. The van der Waals surface area contributed by atoms with Gasteiger partial charge in [-0.15, -0.1) is 5.11 Å². The molecule has 0 spiro atoms. The molecule has 0 aliphatic rings. The van der Waals surface area contributed by atoms with Crippen molar-refractivity contribution in [1.29, 1.82) is 0 Å². The number of rotatable bonds is 1. The zero-order chi connectivity index (χ0) is 10.8. The fourth-order valence-electron chi connectivity index (χ4n) is 1.58. The van der Waals surface area contributed by atoms with Gasteiger partial charge in [0.15, 0.2) is 0 Å². The summed E-state index contributed by atoms with van der Waals surface area (Å²) < 4.78 is 1.82. The Kier molecular flexibility index (Phi) is 2.22. The van der Waals surface area contributed by atoms with Gasteiger partial charge in [0.05, 0.1) is 22.9 Å². The van der Waals surface area contributed by atoms with Crippen molar-refractivity contribution in [3.05, 3.63) is 23.9 Å². The molecule has 0 fully saturated rings. The molecule has 0 aliphatic heterocycles. The van der Waals surface area contributed by atoms with Gasteiger partial charge in [-0.3, -0.25) is 4.68 Å². The van der Waals surface area contributed by atoms with E-state index in [1.165, 1.54) is 0 Å². The van der Waals surface area contributed by atoms with Crippen molar-refractivity contribution in [2.24, 2.45) is 17.3 Å². The lowest BCUT2D eigenvalue weighted by Gasteiger charge is -1.94. The summed E-state index contributed by atoms with van der Waals surface area (Å²) in [7, 11) is 1.90. The van der Waals surface area contributed by atoms with Gasteiger partial charge >= 0.3 is 0 Å². The van der Waals surface area contributed by atoms with Crippen LogP contribution in [0.1, 0.15) is 5.69 Å². The third kappa shape index (κ3) is 1.59. The zero-order valence-electron chi connectivity index (χ0n) is 8.60. The van der Waals surface area contributed by atoms with Crippen molar-refractivity contribution >= 4 is 16.6 Å². The van der Waals surface area contributed by atoms with E-state index in [0.717, 1.165) is 22.3 Å². The van der Waals surface area contributed by atoms with Gasteiger partial charge in [0, 0.05) is 12.4 Å². The number of benzene rings is 1. The van der Waals surface area contributed by atoms with Crippen molar-refractivity contribution in [2.75, 3.05) is 0 Å². The van der Waals surface area contributed by atoms with Gasteiger partial charge in [-0.25, -0.2) is 0 Å². The molecule has 4 heteroatoms. The Morgan fingerprint density at radius 1 is 1.47 bits per heavy atom. The summed E-state index contributed by atoms with van der Waals surface area (Å²) >= 11 is 0. The van der Waals surface area contributed by atoms with Crippen LogP contribution in [0, 0.1) is 19.4 Å². The first-order valence-electron chi connectivity index (χ1n) is 4.52. The van der Waals surface area contributed by atoms with Crippen molar-refractivity contribution in [1.82, 2.24) is 9.78 Å². The quantitative estimate of drug-likeness (QED) is 0.513. The van der Waals surface area contributed by atoms with Gasteiger partial charge in [-0.2, -0.15) is 5.10 Å². The molecule has 0 amide bonds. The smallest absolute Gasteiger partial charge is 0.0886 e. The molecule has 1 heterocycles. The second kappa shape index (κ2) is 3.54. The lowest BCUT2D eigenvalue weighted by molar-refractivity contribution is 0.783. The fourth-order valence-corrected chi connectivity index (χ4v) is 1.58. The Morgan fingerprint density at radius 2 is 2.27 bits per heavy atom. The van der Waals surface area contributed by atoms with Crippen LogP contribution in [-0.4, -0.2) is 9.78 Å². The largest absolute Gasteiger partial charge is 0.268 e. The van der Waals surface area contributed by atoms with Crippen LogP contribution >= 0.6 is 0 Å². The molecule has 2 rings (SSSR count). The number of nitrogens with zero attached hydrogens (tertiary/aromatic N) is 4. The van der Waals surface area contributed by atoms with E-state index in [9.17, 15) is 0 Å². The third-order valence-electron chi connectivity index (χ3n) is 2.24. The van der Waals surface area contributed by atoms with Crippen LogP contribution in [0.5, 0.6) is 0 Å². The Bertz CT molecular complexity index is 572. The van der Waals surface area contributed by atoms with Crippen molar-refractivity contribution in [2.45, 2.75) is 6.92 Å². The molecule has 0 saturated carbocycles. The van der Waals surface area contributed by atoms with Gasteiger partial charge in [0.2, 0.25) is 0 Å². The Morgan fingerprint density at radius 3 is 3.00 bits per heavy atom. The summed E-state index contributed by atoms with van der Waals surface area (Å²) in [6.45, 7) is 1.98. The number of azo groups is 1. The maximum atomic E-state index is 5.00. The van der Waals surface area contributed by atoms with E-state index in [4.69, 9.17) is 6.42 Å². The molecule has 74 valence electrons. The number of aryl methyl sites for hydroxylation is 2. The topological polar surface area (TPSA) is 42.5 Å². The highest BCUT2D eigenvalue weighted by Gasteiger charge is 2.04. The van der Waals surface area contributed by atoms with Crippen molar-refractivity contribution in [3.8, 4) is 12.5 Å². The first-order chi connectivity index (χ1) is 7.22. The molecule has 2 aromatic rings. The average Bonchev–Trinajstić information content (AvgIpc) is 2.52. The lowest BCUT2D eigenvalue weighted by Crippen LogP contribution is -1.88. The van der Waals surface area contributed by atoms with E-state index < -0.39 is 0 Å². The van der Waals surface area contributed by atoms with E-state index in [1.807, 2.05) is 36.9 Å². The minimum absolute atomic E-state index is 0.739. The first kappa shape index (κ1) is 9.41. The Hall–Kier alpha value is -2.15. The molecule has 0 saturated heterocycles. The fraction of sp³-hybridized carbons (Fsp3) is 0.182. The number of hydrogen-bond donors (Lipinski definition) is 0. The van der Waals surface area contributed by atoms with Gasteiger partial charge < -0.3 is 0 Å². The van der Waals surface area contributed by atoms with Gasteiger partial charge in [0.25, 0.3) is 0 Å². The highest BCUT2D eigenvalue weighted by Crippen LogP contribution is 2.23. The van der Waals surface area contributed by atoms with Crippen molar-refractivity contribution in [3.63, 3.8) is 0 Å². The summed E-state index contributed by atoms with van der Waals surface area (Å²) in [5.74, 6) is 0.